The number of hydrogen-bond acceptors (Lipinski definition) is 3. The fraction of sp³-hybridized carbons (Fsp3) is 0.833. The zero-order chi connectivity index (χ0) is 14.1. The van der Waals surface area contributed by atoms with Crippen LogP contribution >= 0.6 is 0 Å². The minimum atomic E-state index is -1.34. The van der Waals surface area contributed by atoms with E-state index < -0.39 is 17.9 Å². The van der Waals surface area contributed by atoms with Gasteiger partial charge in [-0.25, -0.2) is 9.18 Å². The Balaban J connectivity index is 2.65. The molecule has 0 radical (unpaired) electrons. The second-order valence-corrected chi connectivity index (χ2v) is 6.30. The van der Waals surface area contributed by atoms with Crippen LogP contribution in [0.15, 0.2) is 0 Å². The SMILES string of the molecule is CC(C)(C)C[C@H](OC(N)=O)C(=O)N1CC(C)(F)C1. The summed E-state index contributed by atoms with van der Waals surface area (Å²) < 4.78 is 18.2. The van der Waals surface area contributed by atoms with Crippen LogP contribution in [0.3, 0.4) is 0 Å². The molecule has 1 fully saturated rings. The highest BCUT2D eigenvalue weighted by atomic mass is 19.1. The number of amides is 2. The van der Waals surface area contributed by atoms with Gasteiger partial charge in [-0.15, -0.1) is 0 Å². The molecule has 1 atom stereocenters. The quantitative estimate of drug-likeness (QED) is 0.834. The first-order valence-electron chi connectivity index (χ1n) is 5.94. The van der Waals surface area contributed by atoms with Crippen LogP contribution in [0.4, 0.5) is 9.18 Å². The molecule has 104 valence electrons. The van der Waals surface area contributed by atoms with Gasteiger partial charge < -0.3 is 15.4 Å². The molecule has 0 aromatic heterocycles. The van der Waals surface area contributed by atoms with E-state index in [4.69, 9.17) is 10.5 Å². The molecule has 5 nitrogen and oxygen atoms in total. The number of rotatable bonds is 3. The third-order valence-electron chi connectivity index (χ3n) is 2.68. The molecule has 18 heavy (non-hydrogen) atoms. The first-order chi connectivity index (χ1) is 8.00. The van der Waals surface area contributed by atoms with Gasteiger partial charge in [0.05, 0.1) is 13.1 Å². The van der Waals surface area contributed by atoms with Crippen LogP contribution in [0.2, 0.25) is 0 Å². The Morgan fingerprint density at radius 2 is 1.94 bits per heavy atom. The number of carbonyl (C=O) groups excluding carboxylic acids is 2. The summed E-state index contributed by atoms with van der Waals surface area (Å²) in [5.74, 6) is -0.376. The highest BCUT2D eigenvalue weighted by molar-refractivity contribution is 5.84. The summed E-state index contributed by atoms with van der Waals surface area (Å²) >= 11 is 0. The summed E-state index contributed by atoms with van der Waals surface area (Å²) in [6.45, 7) is 7.28. The third-order valence-corrected chi connectivity index (χ3v) is 2.68. The fourth-order valence-electron chi connectivity index (χ4n) is 1.98. The van der Waals surface area contributed by atoms with E-state index in [1.165, 1.54) is 11.8 Å². The number of primary amides is 1. The van der Waals surface area contributed by atoms with E-state index in [0.717, 1.165) is 0 Å². The lowest BCUT2D eigenvalue weighted by atomic mass is 9.88. The van der Waals surface area contributed by atoms with E-state index in [0.29, 0.717) is 6.42 Å². The maximum absolute atomic E-state index is 13.4. The second-order valence-electron chi connectivity index (χ2n) is 6.30. The Kier molecular flexibility index (Phi) is 3.88. The molecule has 0 spiro atoms. The molecule has 1 rings (SSSR count). The summed E-state index contributed by atoms with van der Waals surface area (Å²) in [5.41, 5.74) is 3.42. The Labute approximate surface area is 106 Å². The maximum atomic E-state index is 13.4. The van der Waals surface area contributed by atoms with Gasteiger partial charge in [-0.2, -0.15) is 0 Å². The lowest BCUT2D eigenvalue weighted by molar-refractivity contribution is -0.154. The van der Waals surface area contributed by atoms with Crippen molar-refractivity contribution in [1.82, 2.24) is 4.90 Å². The largest absolute Gasteiger partial charge is 0.436 e. The number of nitrogens with two attached hydrogens (primary N) is 1. The number of alkyl halides is 1. The molecule has 1 aliphatic heterocycles. The topological polar surface area (TPSA) is 72.6 Å². The molecule has 0 aromatic carbocycles. The number of ether oxygens (including phenoxy) is 1. The molecule has 2 amide bonds. The Morgan fingerprint density at radius 3 is 2.28 bits per heavy atom. The minimum absolute atomic E-state index is 0.0363. The van der Waals surface area contributed by atoms with Crippen LogP contribution < -0.4 is 5.73 Å². The molecule has 0 aliphatic carbocycles. The van der Waals surface area contributed by atoms with E-state index in [1.54, 1.807) is 0 Å². The molecule has 6 heteroatoms. The number of halogens is 1. The normalized spacial score (nSPS) is 19.9. The molecule has 0 saturated carbocycles. The number of likely N-dealkylation sites (tertiary alicyclic amines) is 1. The van der Waals surface area contributed by atoms with Gasteiger partial charge in [-0.05, 0) is 18.8 Å². The first kappa shape index (κ1) is 14.7. The Morgan fingerprint density at radius 1 is 1.44 bits per heavy atom. The van der Waals surface area contributed by atoms with Crippen molar-refractivity contribution in [2.75, 3.05) is 13.1 Å². The molecule has 2 N–H and O–H groups in total. The smallest absolute Gasteiger partial charge is 0.405 e. The Hall–Kier alpha value is -1.33. The van der Waals surface area contributed by atoms with Gasteiger partial charge in [0.1, 0.15) is 5.67 Å². The van der Waals surface area contributed by atoms with Crippen molar-refractivity contribution < 1.29 is 18.7 Å². The van der Waals surface area contributed by atoms with Gasteiger partial charge in [0.2, 0.25) is 0 Å². The molecule has 1 heterocycles. The molecule has 0 unspecified atom stereocenters. The van der Waals surface area contributed by atoms with Gasteiger partial charge in [-0.1, -0.05) is 20.8 Å². The molecule has 0 bridgehead atoms. The van der Waals surface area contributed by atoms with E-state index in [9.17, 15) is 14.0 Å². The van der Waals surface area contributed by atoms with Gasteiger partial charge in [0, 0.05) is 0 Å². The minimum Gasteiger partial charge on any atom is -0.436 e. The van der Waals surface area contributed by atoms with E-state index in [-0.39, 0.29) is 24.4 Å². The van der Waals surface area contributed by atoms with E-state index in [1.807, 2.05) is 20.8 Å². The summed E-state index contributed by atoms with van der Waals surface area (Å²) in [7, 11) is 0. The number of carbonyl (C=O) groups is 2. The highest BCUT2D eigenvalue weighted by Crippen LogP contribution is 2.29. The van der Waals surface area contributed by atoms with Crippen molar-refractivity contribution >= 4 is 12.0 Å². The van der Waals surface area contributed by atoms with Gasteiger partial charge in [0.25, 0.3) is 5.91 Å². The van der Waals surface area contributed by atoms with Crippen molar-refractivity contribution in [1.29, 1.82) is 0 Å². The van der Waals surface area contributed by atoms with Crippen LogP contribution in [0.1, 0.15) is 34.1 Å². The average Bonchev–Trinajstić information content (AvgIpc) is 2.08. The van der Waals surface area contributed by atoms with E-state index >= 15 is 0 Å². The molecule has 1 aliphatic rings. The van der Waals surface area contributed by atoms with Crippen molar-refractivity contribution in [2.45, 2.75) is 45.9 Å². The monoisotopic (exact) mass is 260 g/mol. The molecular weight excluding hydrogens is 239 g/mol. The molecular formula is C12H21FN2O3. The summed E-state index contributed by atoms with van der Waals surface area (Å²) in [4.78, 5) is 24.2. The lowest BCUT2D eigenvalue weighted by Gasteiger charge is -2.43. The second kappa shape index (κ2) is 4.74. The zero-order valence-electron chi connectivity index (χ0n) is 11.3. The van der Waals surface area contributed by atoms with Crippen molar-refractivity contribution in [3.8, 4) is 0 Å². The predicted octanol–water partition coefficient (Wildman–Crippen LogP) is 1.46. The van der Waals surface area contributed by atoms with Crippen molar-refractivity contribution in [2.24, 2.45) is 11.1 Å². The van der Waals surface area contributed by atoms with Crippen LogP contribution in [0, 0.1) is 5.41 Å². The van der Waals surface area contributed by atoms with Crippen LogP contribution in [0.5, 0.6) is 0 Å². The first-order valence-corrected chi connectivity index (χ1v) is 5.94. The predicted molar refractivity (Wildman–Crippen MR) is 64.6 cm³/mol. The summed E-state index contributed by atoms with van der Waals surface area (Å²) in [6, 6.07) is 0. The zero-order valence-corrected chi connectivity index (χ0v) is 11.3. The molecule has 0 aromatic rings. The van der Waals surface area contributed by atoms with Crippen LogP contribution in [-0.2, 0) is 9.53 Å². The average molecular weight is 260 g/mol. The van der Waals surface area contributed by atoms with Gasteiger partial charge in [0.15, 0.2) is 6.10 Å². The number of nitrogens with zero attached hydrogens (tertiary/aromatic N) is 1. The van der Waals surface area contributed by atoms with E-state index in [2.05, 4.69) is 0 Å². The van der Waals surface area contributed by atoms with Gasteiger partial charge in [-0.3, -0.25) is 4.79 Å². The van der Waals surface area contributed by atoms with Gasteiger partial charge >= 0.3 is 6.09 Å². The molecule has 1 saturated heterocycles. The number of hydrogen-bond donors (Lipinski definition) is 1. The standard InChI is InChI=1S/C12H21FN2O3/c1-11(2,3)5-8(18-10(14)17)9(16)15-6-12(4,13)7-15/h8H,5-7H2,1-4H3,(H2,14,17)/t8-/m0/s1. The fourth-order valence-corrected chi connectivity index (χ4v) is 1.98. The summed E-state index contributed by atoms with van der Waals surface area (Å²) in [6.07, 6.45) is -1.56. The van der Waals surface area contributed by atoms with Crippen LogP contribution in [-0.4, -0.2) is 41.8 Å². The lowest BCUT2D eigenvalue weighted by Crippen LogP contribution is -2.62. The maximum Gasteiger partial charge on any atom is 0.405 e. The highest BCUT2D eigenvalue weighted by Gasteiger charge is 2.44. The third kappa shape index (κ3) is 4.16. The van der Waals surface area contributed by atoms with Crippen molar-refractivity contribution in [3.63, 3.8) is 0 Å². The van der Waals surface area contributed by atoms with Crippen molar-refractivity contribution in [3.05, 3.63) is 0 Å². The summed E-state index contributed by atoms with van der Waals surface area (Å²) in [5, 5.41) is 0. The van der Waals surface area contributed by atoms with Crippen LogP contribution in [0.25, 0.3) is 0 Å². The Bertz CT molecular complexity index is 342.